The number of amides is 4. The van der Waals surface area contributed by atoms with E-state index in [-0.39, 0.29) is 36.9 Å². The molecule has 2 heterocycles. The molecule has 1 saturated heterocycles. The Bertz CT molecular complexity index is 873. The quantitative estimate of drug-likeness (QED) is 0.705. The standard InChI is InChI=1S/C22H25N3O4/c26-18(23-19(17-10-7-15-29-17)16-8-2-1-3-9-16)11-6-14-25-20(27)22(24-21(25)28)12-4-5-13-22/h1-3,7-10,15,19H,4-6,11-14H2,(H,23,26)(H,24,28). The van der Waals surface area contributed by atoms with Gasteiger partial charge in [-0.25, -0.2) is 4.79 Å². The molecule has 1 saturated carbocycles. The maximum Gasteiger partial charge on any atom is 0.325 e. The minimum atomic E-state index is -0.697. The van der Waals surface area contributed by atoms with Crippen LogP contribution in [0, 0.1) is 0 Å². The second kappa shape index (κ2) is 8.11. The fourth-order valence-electron chi connectivity index (χ4n) is 4.25. The zero-order valence-corrected chi connectivity index (χ0v) is 16.2. The van der Waals surface area contributed by atoms with Crippen LogP contribution in [-0.2, 0) is 9.59 Å². The summed E-state index contributed by atoms with van der Waals surface area (Å²) in [4.78, 5) is 38.7. The van der Waals surface area contributed by atoms with Crippen molar-refractivity contribution in [2.75, 3.05) is 6.54 Å². The van der Waals surface area contributed by atoms with Crippen LogP contribution < -0.4 is 10.6 Å². The van der Waals surface area contributed by atoms with Crippen molar-refractivity contribution in [3.8, 4) is 0 Å². The number of benzene rings is 1. The van der Waals surface area contributed by atoms with Crippen LogP contribution >= 0.6 is 0 Å². The van der Waals surface area contributed by atoms with E-state index in [4.69, 9.17) is 4.42 Å². The van der Waals surface area contributed by atoms with Crippen LogP contribution in [0.2, 0.25) is 0 Å². The van der Waals surface area contributed by atoms with E-state index >= 15 is 0 Å². The molecule has 1 spiro atoms. The Hall–Kier alpha value is -3.09. The van der Waals surface area contributed by atoms with Crippen molar-refractivity contribution in [2.24, 2.45) is 0 Å². The highest BCUT2D eigenvalue weighted by atomic mass is 16.3. The zero-order valence-electron chi connectivity index (χ0n) is 16.2. The average molecular weight is 395 g/mol. The summed E-state index contributed by atoms with van der Waals surface area (Å²) in [7, 11) is 0. The van der Waals surface area contributed by atoms with Gasteiger partial charge in [-0.1, -0.05) is 43.2 Å². The second-order valence-electron chi connectivity index (χ2n) is 7.71. The van der Waals surface area contributed by atoms with E-state index in [0.717, 1.165) is 18.4 Å². The Balaban J connectivity index is 1.33. The van der Waals surface area contributed by atoms with Crippen molar-refractivity contribution >= 4 is 17.8 Å². The van der Waals surface area contributed by atoms with Crippen LogP contribution in [0.5, 0.6) is 0 Å². The second-order valence-corrected chi connectivity index (χ2v) is 7.71. The number of nitrogens with zero attached hydrogens (tertiary/aromatic N) is 1. The molecule has 7 heteroatoms. The Morgan fingerprint density at radius 2 is 1.90 bits per heavy atom. The minimum Gasteiger partial charge on any atom is -0.467 e. The summed E-state index contributed by atoms with van der Waals surface area (Å²) in [5.41, 5.74) is 0.227. The molecule has 0 bridgehead atoms. The van der Waals surface area contributed by atoms with Crippen molar-refractivity contribution in [3.63, 3.8) is 0 Å². The summed E-state index contributed by atoms with van der Waals surface area (Å²) in [5.74, 6) is 0.359. The molecule has 0 radical (unpaired) electrons. The van der Waals surface area contributed by atoms with Crippen molar-refractivity contribution < 1.29 is 18.8 Å². The van der Waals surface area contributed by atoms with Gasteiger partial charge in [0.05, 0.1) is 6.26 Å². The molecular weight excluding hydrogens is 370 g/mol. The summed E-state index contributed by atoms with van der Waals surface area (Å²) in [6, 6.07) is 12.5. The van der Waals surface area contributed by atoms with Crippen LogP contribution in [0.25, 0.3) is 0 Å². The zero-order chi connectivity index (χ0) is 20.3. The lowest BCUT2D eigenvalue weighted by Gasteiger charge is -2.20. The predicted molar refractivity (Wildman–Crippen MR) is 106 cm³/mol. The molecule has 1 atom stereocenters. The number of nitrogens with one attached hydrogen (secondary N) is 2. The van der Waals surface area contributed by atoms with Crippen molar-refractivity contribution in [3.05, 3.63) is 60.1 Å². The smallest absolute Gasteiger partial charge is 0.325 e. The van der Waals surface area contributed by atoms with Crippen LogP contribution in [-0.4, -0.2) is 34.8 Å². The largest absolute Gasteiger partial charge is 0.467 e. The van der Waals surface area contributed by atoms with Gasteiger partial charge in [0.2, 0.25) is 5.91 Å². The van der Waals surface area contributed by atoms with Crippen molar-refractivity contribution in [1.29, 1.82) is 0 Å². The number of carbonyl (C=O) groups excluding carboxylic acids is 3. The highest BCUT2D eigenvalue weighted by Gasteiger charge is 2.52. The van der Waals surface area contributed by atoms with E-state index in [1.54, 1.807) is 12.3 Å². The first kappa shape index (κ1) is 19.2. The van der Waals surface area contributed by atoms with E-state index in [0.29, 0.717) is 25.0 Å². The maximum absolute atomic E-state index is 12.7. The predicted octanol–water partition coefficient (Wildman–Crippen LogP) is 3.13. The Morgan fingerprint density at radius 1 is 1.14 bits per heavy atom. The molecule has 2 fully saturated rings. The van der Waals surface area contributed by atoms with E-state index in [9.17, 15) is 14.4 Å². The van der Waals surface area contributed by atoms with Crippen LogP contribution in [0.15, 0.2) is 53.1 Å². The van der Waals surface area contributed by atoms with Gasteiger partial charge in [-0.05, 0) is 37.0 Å². The maximum atomic E-state index is 12.7. The van der Waals surface area contributed by atoms with Gasteiger partial charge in [0.25, 0.3) is 5.91 Å². The summed E-state index contributed by atoms with van der Waals surface area (Å²) < 4.78 is 5.50. The third-order valence-electron chi connectivity index (χ3n) is 5.75. The van der Waals surface area contributed by atoms with Gasteiger partial charge in [0.1, 0.15) is 17.3 Å². The number of carbonyl (C=O) groups is 3. The molecule has 1 aromatic heterocycles. The Kier molecular flexibility index (Phi) is 5.38. The topological polar surface area (TPSA) is 91.7 Å². The normalized spacial score (nSPS) is 18.8. The molecule has 1 aromatic carbocycles. The first-order valence-corrected chi connectivity index (χ1v) is 10.1. The molecule has 4 rings (SSSR count). The Labute approximate surface area is 169 Å². The first-order chi connectivity index (χ1) is 14.1. The number of urea groups is 1. The third kappa shape index (κ3) is 3.90. The molecule has 2 N–H and O–H groups in total. The van der Waals surface area contributed by atoms with Gasteiger partial charge >= 0.3 is 6.03 Å². The van der Waals surface area contributed by atoms with Gasteiger partial charge in [-0.2, -0.15) is 0 Å². The molecule has 29 heavy (non-hydrogen) atoms. The first-order valence-electron chi connectivity index (χ1n) is 10.1. The average Bonchev–Trinajstić information content (AvgIpc) is 3.46. The lowest BCUT2D eigenvalue weighted by molar-refractivity contribution is -0.131. The fourth-order valence-corrected chi connectivity index (χ4v) is 4.25. The third-order valence-corrected chi connectivity index (χ3v) is 5.75. The Morgan fingerprint density at radius 3 is 2.59 bits per heavy atom. The molecule has 2 aliphatic rings. The van der Waals surface area contributed by atoms with E-state index in [1.165, 1.54) is 4.90 Å². The lowest BCUT2D eigenvalue weighted by Crippen LogP contribution is -2.44. The number of hydrogen-bond donors (Lipinski definition) is 2. The van der Waals surface area contributed by atoms with Crippen LogP contribution in [0.3, 0.4) is 0 Å². The number of rotatable bonds is 7. The number of hydrogen-bond acceptors (Lipinski definition) is 4. The summed E-state index contributed by atoms with van der Waals surface area (Å²) in [5, 5.41) is 5.86. The molecule has 4 amide bonds. The molecule has 1 aliphatic carbocycles. The highest BCUT2D eigenvalue weighted by molar-refractivity contribution is 6.07. The molecule has 152 valence electrons. The molecule has 1 unspecified atom stereocenters. The van der Waals surface area contributed by atoms with E-state index in [2.05, 4.69) is 10.6 Å². The monoisotopic (exact) mass is 395 g/mol. The van der Waals surface area contributed by atoms with Crippen molar-refractivity contribution in [2.45, 2.75) is 50.1 Å². The van der Waals surface area contributed by atoms with Gasteiger partial charge in [-0.3, -0.25) is 14.5 Å². The highest BCUT2D eigenvalue weighted by Crippen LogP contribution is 2.35. The molecular formula is C22H25N3O4. The van der Waals surface area contributed by atoms with E-state index < -0.39 is 5.54 Å². The lowest BCUT2D eigenvalue weighted by atomic mass is 9.98. The molecule has 7 nitrogen and oxygen atoms in total. The fraction of sp³-hybridized carbons (Fsp3) is 0.409. The van der Waals surface area contributed by atoms with E-state index in [1.807, 2.05) is 36.4 Å². The van der Waals surface area contributed by atoms with Gasteiger partial charge in [0, 0.05) is 13.0 Å². The van der Waals surface area contributed by atoms with Gasteiger partial charge in [-0.15, -0.1) is 0 Å². The van der Waals surface area contributed by atoms with Crippen LogP contribution in [0.1, 0.15) is 55.9 Å². The minimum absolute atomic E-state index is 0.141. The summed E-state index contributed by atoms with van der Waals surface area (Å²) >= 11 is 0. The molecule has 2 aromatic rings. The van der Waals surface area contributed by atoms with Crippen LogP contribution in [0.4, 0.5) is 4.79 Å². The van der Waals surface area contributed by atoms with Crippen molar-refractivity contribution in [1.82, 2.24) is 15.5 Å². The number of imide groups is 1. The number of furan rings is 1. The van der Waals surface area contributed by atoms with Gasteiger partial charge < -0.3 is 15.1 Å². The summed E-state index contributed by atoms with van der Waals surface area (Å²) in [6.07, 6.45) is 5.53. The SMILES string of the molecule is O=C(CCCN1C(=O)NC2(CCCC2)C1=O)NC(c1ccccc1)c1ccco1. The summed E-state index contributed by atoms with van der Waals surface area (Å²) in [6.45, 7) is 0.247. The van der Waals surface area contributed by atoms with Gasteiger partial charge in [0.15, 0.2) is 0 Å². The molecule has 1 aliphatic heterocycles.